The summed E-state index contributed by atoms with van der Waals surface area (Å²) in [5, 5.41) is 3.68. The van der Waals surface area contributed by atoms with Crippen LogP contribution in [0.5, 0.6) is 0 Å². The van der Waals surface area contributed by atoms with Crippen LogP contribution in [-0.2, 0) is 4.79 Å². The summed E-state index contributed by atoms with van der Waals surface area (Å²) in [6.07, 6.45) is 2.10. The number of amides is 1. The molecule has 1 fully saturated rings. The number of nitrogens with one attached hydrogen (secondary N) is 1. The van der Waals surface area contributed by atoms with Crippen LogP contribution in [0.4, 0.5) is 0 Å². The van der Waals surface area contributed by atoms with Gasteiger partial charge in [0.1, 0.15) is 0 Å². The van der Waals surface area contributed by atoms with Gasteiger partial charge in [-0.15, -0.1) is 0 Å². The number of likely N-dealkylation sites (N-methyl/N-ethyl adjacent to an activating group) is 1. The summed E-state index contributed by atoms with van der Waals surface area (Å²) >= 11 is 0. The van der Waals surface area contributed by atoms with E-state index in [2.05, 4.69) is 54.6 Å². The van der Waals surface area contributed by atoms with Gasteiger partial charge >= 0.3 is 0 Å². The van der Waals surface area contributed by atoms with Crippen LogP contribution in [0.2, 0.25) is 0 Å². The minimum Gasteiger partial charge on any atom is -0.343 e. The molecule has 0 aliphatic carbocycles. The number of hydrogen-bond acceptors (Lipinski definition) is 3. The summed E-state index contributed by atoms with van der Waals surface area (Å²) in [6.45, 7) is 4.36. The first-order chi connectivity index (χ1) is 10.1. The highest BCUT2D eigenvalue weighted by atomic mass is 16.2. The second-order valence-corrected chi connectivity index (χ2v) is 6.08. The molecule has 4 nitrogen and oxygen atoms in total. The maximum absolute atomic E-state index is 11.3. The van der Waals surface area contributed by atoms with E-state index in [-0.39, 0.29) is 5.91 Å². The van der Waals surface area contributed by atoms with E-state index in [1.807, 2.05) is 4.90 Å². The van der Waals surface area contributed by atoms with Gasteiger partial charge in [-0.2, -0.15) is 0 Å². The van der Waals surface area contributed by atoms with Gasteiger partial charge in [-0.05, 0) is 32.5 Å². The Morgan fingerprint density at radius 3 is 2.43 bits per heavy atom. The Labute approximate surface area is 128 Å². The number of benzene rings is 1. The van der Waals surface area contributed by atoms with E-state index in [0.29, 0.717) is 12.1 Å². The fourth-order valence-electron chi connectivity index (χ4n) is 2.95. The molecule has 1 aromatic carbocycles. The van der Waals surface area contributed by atoms with Gasteiger partial charge in [-0.25, -0.2) is 0 Å². The predicted molar refractivity (Wildman–Crippen MR) is 86.1 cm³/mol. The molecule has 21 heavy (non-hydrogen) atoms. The summed E-state index contributed by atoms with van der Waals surface area (Å²) in [5.41, 5.74) is 1.34. The lowest BCUT2D eigenvalue weighted by Gasteiger charge is -2.34. The number of carbonyl (C=O) groups is 1. The fourth-order valence-corrected chi connectivity index (χ4v) is 2.95. The second kappa shape index (κ2) is 7.57. The Morgan fingerprint density at radius 1 is 1.29 bits per heavy atom. The van der Waals surface area contributed by atoms with E-state index >= 15 is 0 Å². The van der Waals surface area contributed by atoms with E-state index in [1.165, 1.54) is 5.56 Å². The van der Waals surface area contributed by atoms with Crippen molar-refractivity contribution in [1.82, 2.24) is 15.1 Å². The number of piperidine rings is 1. The smallest absolute Gasteiger partial charge is 0.219 e. The average Bonchev–Trinajstić information content (AvgIpc) is 2.48. The van der Waals surface area contributed by atoms with Crippen molar-refractivity contribution >= 4 is 5.91 Å². The Balaban J connectivity index is 1.85. The molecular formula is C17H27N3O. The van der Waals surface area contributed by atoms with Crippen molar-refractivity contribution in [3.63, 3.8) is 0 Å². The number of nitrogens with zero attached hydrogens (tertiary/aromatic N) is 2. The lowest BCUT2D eigenvalue weighted by Crippen LogP contribution is -2.46. The van der Waals surface area contributed by atoms with Crippen molar-refractivity contribution in [2.45, 2.75) is 31.8 Å². The lowest BCUT2D eigenvalue weighted by atomic mass is 10.0. The van der Waals surface area contributed by atoms with Gasteiger partial charge in [0.25, 0.3) is 0 Å². The van der Waals surface area contributed by atoms with Crippen molar-refractivity contribution in [3.05, 3.63) is 35.9 Å². The molecule has 0 saturated carbocycles. The topological polar surface area (TPSA) is 35.6 Å². The van der Waals surface area contributed by atoms with Gasteiger partial charge in [-0.1, -0.05) is 30.3 Å². The van der Waals surface area contributed by atoms with Gasteiger partial charge in [0, 0.05) is 38.6 Å². The molecule has 1 saturated heterocycles. The molecule has 2 rings (SSSR count). The number of hydrogen-bond donors (Lipinski definition) is 1. The van der Waals surface area contributed by atoms with Crippen LogP contribution in [0.3, 0.4) is 0 Å². The number of rotatable bonds is 5. The summed E-state index contributed by atoms with van der Waals surface area (Å²) < 4.78 is 0. The molecule has 1 aliphatic rings. The van der Waals surface area contributed by atoms with Gasteiger partial charge in [0.15, 0.2) is 0 Å². The quantitative estimate of drug-likeness (QED) is 0.899. The standard InChI is InChI=1S/C17H27N3O/c1-14(21)20-11-9-16(10-12-20)18-13-17(19(2)3)15-7-5-4-6-8-15/h4-8,16-18H,9-13H2,1-3H3. The number of likely N-dealkylation sites (tertiary alicyclic amines) is 1. The molecule has 4 heteroatoms. The van der Waals surface area contributed by atoms with Crippen molar-refractivity contribution in [3.8, 4) is 0 Å². The molecule has 0 spiro atoms. The normalized spacial score (nSPS) is 18.0. The first-order valence-electron chi connectivity index (χ1n) is 7.78. The van der Waals surface area contributed by atoms with Crippen LogP contribution in [0.15, 0.2) is 30.3 Å². The minimum atomic E-state index is 0.198. The van der Waals surface area contributed by atoms with E-state index in [1.54, 1.807) is 6.92 Å². The maximum atomic E-state index is 11.3. The van der Waals surface area contributed by atoms with Crippen molar-refractivity contribution < 1.29 is 4.79 Å². The monoisotopic (exact) mass is 289 g/mol. The van der Waals surface area contributed by atoms with Crippen LogP contribution >= 0.6 is 0 Å². The Kier molecular flexibility index (Phi) is 5.76. The largest absolute Gasteiger partial charge is 0.343 e. The SMILES string of the molecule is CC(=O)N1CCC(NCC(c2ccccc2)N(C)C)CC1. The lowest BCUT2D eigenvalue weighted by molar-refractivity contribution is -0.129. The summed E-state index contributed by atoms with van der Waals surface area (Å²) in [7, 11) is 4.25. The summed E-state index contributed by atoms with van der Waals surface area (Å²) in [5.74, 6) is 0.198. The van der Waals surface area contributed by atoms with Crippen LogP contribution in [0.1, 0.15) is 31.4 Å². The highest BCUT2D eigenvalue weighted by molar-refractivity contribution is 5.73. The molecule has 0 aromatic heterocycles. The van der Waals surface area contributed by atoms with E-state index in [0.717, 1.165) is 32.5 Å². The van der Waals surface area contributed by atoms with Crippen molar-refractivity contribution in [2.24, 2.45) is 0 Å². The Morgan fingerprint density at radius 2 is 1.90 bits per heavy atom. The molecule has 1 amide bonds. The van der Waals surface area contributed by atoms with Gasteiger partial charge in [0.2, 0.25) is 5.91 Å². The Hall–Kier alpha value is -1.39. The third-order valence-electron chi connectivity index (χ3n) is 4.35. The molecule has 1 heterocycles. The van der Waals surface area contributed by atoms with Gasteiger partial charge in [-0.3, -0.25) is 4.79 Å². The van der Waals surface area contributed by atoms with Crippen LogP contribution < -0.4 is 5.32 Å². The van der Waals surface area contributed by atoms with Crippen LogP contribution in [0, 0.1) is 0 Å². The fraction of sp³-hybridized carbons (Fsp3) is 0.588. The van der Waals surface area contributed by atoms with Crippen molar-refractivity contribution in [2.75, 3.05) is 33.7 Å². The molecule has 0 bridgehead atoms. The summed E-state index contributed by atoms with van der Waals surface area (Å²) in [6, 6.07) is 11.5. The average molecular weight is 289 g/mol. The first kappa shape index (κ1) is 16.0. The second-order valence-electron chi connectivity index (χ2n) is 6.08. The zero-order valence-electron chi connectivity index (χ0n) is 13.4. The highest BCUT2D eigenvalue weighted by Crippen LogP contribution is 2.18. The van der Waals surface area contributed by atoms with Crippen LogP contribution in [0.25, 0.3) is 0 Å². The first-order valence-corrected chi connectivity index (χ1v) is 7.78. The molecular weight excluding hydrogens is 262 g/mol. The predicted octanol–water partition coefficient (Wildman–Crippen LogP) is 1.89. The maximum Gasteiger partial charge on any atom is 0.219 e. The van der Waals surface area contributed by atoms with Gasteiger partial charge in [0.05, 0.1) is 0 Å². The summed E-state index contributed by atoms with van der Waals surface area (Å²) in [4.78, 5) is 15.5. The van der Waals surface area contributed by atoms with Gasteiger partial charge < -0.3 is 15.1 Å². The zero-order valence-corrected chi connectivity index (χ0v) is 13.4. The third-order valence-corrected chi connectivity index (χ3v) is 4.35. The van der Waals surface area contributed by atoms with E-state index < -0.39 is 0 Å². The Bertz CT molecular complexity index is 439. The van der Waals surface area contributed by atoms with E-state index in [9.17, 15) is 4.79 Å². The number of carbonyl (C=O) groups excluding carboxylic acids is 1. The molecule has 116 valence electrons. The molecule has 0 radical (unpaired) electrons. The van der Waals surface area contributed by atoms with E-state index in [4.69, 9.17) is 0 Å². The third kappa shape index (κ3) is 4.55. The molecule has 1 aromatic rings. The molecule has 1 unspecified atom stereocenters. The zero-order chi connectivity index (χ0) is 15.2. The molecule has 1 aliphatic heterocycles. The minimum absolute atomic E-state index is 0.198. The van der Waals surface area contributed by atoms with Crippen molar-refractivity contribution in [1.29, 1.82) is 0 Å². The van der Waals surface area contributed by atoms with Crippen LogP contribution in [-0.4, -0.2) is 55.5 Å². The molecule has 1 atom stereocenters. The highest BCUT2D eigenvalue weighted by Gasteiger charge is 2.22. The molecule has 1 N–H and O–H groups in total.